The third kappa shape index (κ3) is 1.56. The number of thiol groups is 1. The quantitative estimate of drug-likeness (QED) is 0.346. The zero-order chi connectivity index (χ0) is 7.56. The van der Waals surface area contributed by atoms with E-state index in [1.807, 2.05) is 0 Å². The van der Waals surface area contributed by atoms with Gasteiger partial charge in [0.2, 0.25) is 0 Å². The Morgan fingerprint density at radius 1 is 1.50 bits per heavy atom. The van der Waals surface area contributed by atoms with E-state index in [1.54, 1.807) is 18.2 Å². The lowest BCUT2D eigenvalue weighted by Crippen LogP contribution is -2.06. The fraction of sp³-hybridized carbons (Fsp3) is 0. The summed E-state index contributed by atoms with van der Waals surface area (Å²) < 4.78 is 0. The van der Waals surface area contributed by atoms with Crippen LogP contribution < -0.4 is 11.3 Å². The lowest BCUT2D eigenvalue weighted by molar-refractivity contribution is 1.32. The van der Waals surface area contributed by atoms with Gasteiger partial charge in [-0.1, -0.05) is 11.6 Å². The predicted octanol–water partition coefficient (Wildman–Crippen LogP) is 1.91. The van der Waals surface area contributed by atoms with Gasteiger partial charge >= 0.3 is 0 Å². The van der Waals surface area contributed by atoms with E-state index < -0.39 is 0 Å². The molecule has 0 fully saturated rings. The Kier molecular flexibility index (Phi) is 2.43. The molecule has 1 aromatic carbocycles. The van der Waals surface area contributed by atoms with Crippen LogP contribution in [0.2, 0.25) is 5.02 Å². The second-order valence-corrected chi connectivity index (χ2v) is 2.70. The molecule has 1 aromatic rings. The van der Waals surface area contributed by atoms with Gasteiger partial charge < -0.3 is 5.43 Å². The van der Waals surface area contributed by atoms with Crippen LogP contribution >= 0.6 is 24.2 Å². The monoisotopic (exact) mass is 174 g/mol. The van der Waals surface area contributed by atoms with Gasteiger partial charge in [0.1, 0.15) is 0 Å². The van der Waals surface area contributed by atoms with E-state index in [0.717, 1.165) is 10.6 Å². The molecule has 54 valence electrons. The first-order chi connectivity index (χ1) is 4.74. The Morgan fingerprint density at radius 2 is 2.20 bits per heavy atom. The van der Waals surface area contributed by atoms with Crippen LogP contribution in [-0.2, 0) is 0 Å². The molecule has 0 aliphatic heterocycles. The Bertz CT molecular complexity index is 239. The highest BCUT2D eigenvalue weighted by Gasteiger charge is 1.94. The van der Waals surface area contributed by atoms with Crippen LogP contribution in [0.5, 0.6) is 0 Å². The Morgan fingerprint density at radius 3 is 2.70 bits per heavy atom. The number of hydrogen-bond donors (Lipinski definition) is 3. The molecule has 0 aliphatic carbocycles. The van der Waals surface area contributed by atoms with Crippen molar-refractivity contribution in [1.82, 2.24) is 0 Å². The molecule has 4 heteroatoms. The standard InChI is InChI=1S/C6H7ClN2S/c7-5-2-1-4(9-8)3-6(5)10/h1-3,9-10H,8H2. The van der Waals surface area contributed by atoms with Crippen LogP contribution in [0, 0.1) is 0 Å². The number of anilines is 1. The smallest absolute Gasteiger partial charge is 0.0540 e. The molecule has 2 nitrogen and oxygen atoms in total. The van der Waals surface area contributed by atoms with Crippen LogP contribution in [0.15, 0.2) is 23.1 Å². The first-order valence-corrected chi connectivity index (χ1v) is 3.51. The number of nitrogen functional groups attached to an aromatic ring is 1. The number of hydrazine groups is 1. The van der Waals surface area contributed by atoms with Crippen molar-refractivity contribution < 1.29 is 0 Å². The summed E-state index contributed by atoms with van der Waals surface area (Å²) in [5, 5.41) is 0.627. The largest absolute Gasteiger partial charge is 0.324 e. The summed E-state index contributed by atoms with van der Waals surface area (Å²) >= 11 is 9.79. The van der Waals surface area contributed by atoms with Crippen LogP contribution in [0.25, 0.3) is 0 Å². The SMILES string of the molecule is NNc1ccc(Cl)c(S)c1. The van der Waals surface area contributed by atoms with Gasteiger partial charge in [-0.05, 0) is 18.2 Å². The van der Waals surface area contributed by atoms with Crippen molar-refractivity contribution >= 4 is 29.9 Å². The zero-order valence-corrected chi connectivity index (χ0v) is 6.78. The van der Waals surface area contributed by atoms with E-state index in [1.165, 1.54) is 0 Å². The average Bonchev–Trinajstić information content (AvgIpc) is 1.95. The molecule has 10 heavy (non-hydrogen) atoms. The van der Waals surface area contributed by atoms with Gasteiger partial charge in [0.05, 0.1) is 5.02 Å². The van der Waals surface area contributed by atoms with E-state index in [9.17, 15) is 0 Å². The van der Waals surface area contributed by atoms with Crippen LogP contribution in [-0.4, -0.2) is 0 Å². The molecule has 1 rings (SSSR count). The topological polar surface area (TPSA) is 38.0 Å². The zero-order valence-electron chi connectivity index (χ0n) is 5.13. The van der Waals surface area contributed by atoms with Crippen molar-refractivity contribution in [2.75, 3.05) is 5.43 Å². The maximum absolute atomic E-state index is 5.69. The molecule has 0 heterocycles. The van der Waals surface area contributed by atoms with Gasteiger partial charge in [-0.25, -0.2) is 0 Å². The third-order valence-corrected chi connectivity index (χ3v) is 1.94. The van der Waals surface area contributed by atoms with Crippen molar-refractivity contribution in [3.8, 4) is 0 Å². The van der Waals surface area contributed by atoms with Gasteiger partial charge in [-0.3, -0.25) is 5.84 Å². The molecule has 0 radical (unpaired) electrons. The summed E-state index contributed by atoms with van der Waals surface area (Å²) in [6.07, 6.45) is 0. The highest BCUT2D eigenvalue weighted by atomic mass is 35.5. The highest BCUT2D eigenvalue weighted by molar-refractivity contribution is 7.80. The normalized spacial score (nSPS) is 9.50. The Balaban J connectivity index is 3.04. The van der Waals surface area contributed by atoms with E-state index in [2.05, 4.69) is 18.1 Å². The van der Waals surface area contributed by atoms with E-state index in [0.29, 0.717) is 5.02 Å². The number of rotatable bonds is 1. The van der Waals surface area contributed by atoms with Crippen molar-refractivity contribution in [1.29, 1.82) is 0 Å². The first kappa shape index (κ1) is 7.72. The molecule has 0 saturated heterocycles. The van der Waals surface area contributed by atoms with Crippen molar-refractivity contribution in [2.45, 2.75) is 4.90 Å². The minimum absolute atomic E-state index is 0.627. The molecule has 0 amide bonds. The molecule has 0 unspecified atom stereocenters. The van der Waals surface area contributed by atoms with Gasteiger partial charge in [0.25, 0.3) is 0 Å². The lowest BCUT2D eigenvalue weighted by Gasteiger charge is -2.00. The second kappa shape index (κ2) is 3.14. The molecule has 0 atom stereocenters. The van der Waals surface area contributed by atoms with Gasteiger partial charge in [-0.15, -0.1) is 12.6 Å². The summed E-state index contributed by atoms with van der Waals surface area (Å²) in [6, 6.07) is 5.27. The summed E-state index contributed by atoms with van der Waals surface area (Å²) in [6.45, 7) is 0. The number of nitrogens with one attached hydrogen (secondary N) is 1. The number of nitrogens with two attached hydrogens (primary N) is 1. The van der Waals surface area contributed by atoms with E-state index in [4.69, 9.17) is 17.4 Å². The average molecular weight is 175 g/mol. The van der Waals surface area contributed by atoms with Crippen LogP contribution in [0.1, 0.15) is 0 Å². The predicted molar refractivity (Wildman–Crippen MR) is 46.5 cm³/mol. The fourth-order valence-corrected chi connectivity index (χ4v) is 0.934. The van der Waals surface area contributed by atoms with Gasteiger partial charge in [0, 0.05) is 10.6 Å². The molecule has 0 bridgehead atoms. The highest BCUT2D eigenvalue weighted by Crippen LogP contribution is 2.22. The van der Waals surface area contributed by atoms with E-state index >= 15 is 0 Å². The Hall–Kier alpha value is -0.380. The summed E-state index contributed by atoms with van der Waals surface area (Å²) in [4.78, 5) is 0.720. The minimum atomic E-state index is 0.627. The minimum Gasteiger partial charge on any atom is -0.324 e. The van der Waals surface area contributed by atoms with Crippen LogP contribution in [0.4, 0.5) is 5.69 Å². The van der Waals surface area contributed by atoms with E-state index in [-0.39, 0.29) is 0 Å². The molecule has 0 saturated carbocycles. The van der Waals surface area contributed by atoms with Crippen molar-refractivity contribution in [3.63, 3.8) is 0 Å². The molecule has 0 aliphatic rings. The first-order valence-electron chi connectivity index (χ1n) is 2.69. The molecular weight excluding hydrogens is 168 g/mol. The third-order valence-electron chi connectivity index (χ3n) is 1.11. The number of benzene rings is 1. The lowest BCUT2D eigenvalue weighted by atomic mass is 10.3. The van der Waals surface area contributed by atoms with Crippen LogP contribution in [0.3, 0.4) is 0 Å². The molecule has 0 spiro atoms. The van der Waals surface area contributed by atoms with Gasteiger partial charge in [0.15, 0.2) is 0 Å². The summed E-state index contributed by atoms with van der Waals surface area (Å²) in [5.41, 5.74) is 3.29. The Labute approximate surface area is 69.7 Å². The maximum Gasteiger partial charge on any atom is 0.0540 e. The van der Waals surface area contributed by atoms with Gasteiger partial charge in [-0.2, -0.15) is 0 Å². The van der Waals surface area contributed by atoms with Crippen molar-refractivity contribution in [2.24, 2.45) is 5.84 Å². The molecular formula is C6H7ClN2S. The summed E-state index contributed by atoms with van der Waals surface area (Å²) in [5.74, 6) is 5.14. The fourth-order valence-electron chi connectivity index (χ4n) is 0.602. The maximum atomic E-state index is 5.69. The second-order valence-electron chi connectivity index (χ2n) is 1.81. The molecule has 0 aromatic heterocycles. The number of hydrogen-bond acceptors (Lipinski definition) is 3. The van der Waals surface area contributed by atoms with Crippen molar-refractivity contribution in [3.05, 3.63) is 23.2 Å². The number of halogens is 1. The summed E-state index contributed by atoms with van der Waals surface area (Å²) in [7, 11) is 0. The molecule has 3 N–H and O–H groups in total.